The van der Waals surface area contributed by atoms with E-state index in [-0.39, 0.29) is 34.0 Å². The van der Waals surface area contributed by atoms with Gasteiger partial charge in [-0.25, -0.2) is 9.13 Å². The molecule has 6 nitrogen and oxygen atoms in total. The summed E-state index contributed by atoms with van der Waals surface area (Å²) >= 11 is 0. The van der Waals surface area contributed by atoms with Crippen LogP contribution in [0.1, 0.15) is 25.0 Å². The molecule has 0 saturated carbocycles. The number of rotatable bonds is 6. The van der Waals surface area contributed by atoms with Crippen LogP contribution in [-0.4, -0.2) is 20.9 Å². The molecule has 2 bridgehead atoms. The number of aromatic nitrogens is 2. The van der Waals surface area contributed by atoms with E-state index in [0.717, 1.165) is 55.5 Å². The molecule has 0 amide bonds. The van der Waals surface area contributed by atoms with Crippen molar-refractivity contribution in [3.05, 3.63) is 84.4 Å². The topological polar surface area (TPSA) is 32.7 Å². The van der Waals surface area contributed by atoms with E-state index in [9.17, 15) is 0 Å². The molecular formula is C31H34Br2N4O2. The van der Waals surface area contributed by atoms with Crippen LogP contribution < -0.4 is 62.4 Å². The van der Waals surface area contributed by atoms with Crippen LogP contribution in [0, 0.1) is 0 Å². The van der Waals surface area contributed by atoms with E-state index in [1.165, 1.54) is 33.6 Å². The molecule has 2 aromatic carbocycles. The molecule has 0 N–H and O–H groups in total. The van der Waals surface area contributed by atoms with Gasteiger partial charge >= 0.3 is 0 Å². The van der Waals surface area contributed by atoms with Crippen LogP contribution in [-0.2, 0) is 26.2 Å². The molecule has 2 aliphatic heterocycles. The number of hydrogen-bond donors (Lipinski definition) is 0. The summed E-state index contributed by atoms with van der Waals surface area (Å²) in [6, 6.07) is 17.7. The van der Waals surface area contributed by atoms with Gasteiger partial charge in [0.1, 0.15) is 24.6 Å². The Morgan fingerprint density at radius 3 is 1.36 bits per heavy atom. The second kappa shape index (κ2) is 12.0. The summed E-state index contributed by atoms with van der Waals surface area (Å²) in [6.45, 7) is 8.77. The minimum atomic E-state index is 0. The first-order valence-electron chi connectivity index (χ1n) is 13.0. The summed E-state index contributed by atoms with van der Waals surface area (Å²) in [6.07, 6.45) is 8.52. The quantitative estimate of drug-likeness (QED) is 0.249. The van der Waals surface area contributed by atoms with E-state index < -0.39 is 0 Å². The minimum Gasteiger partial charge on any atom is -1.00 e. The average Bonchev–Trinajstić information content (AvgIpc) is 2.96. The van der Waals surface area contributed by atoms with E-state index in [1.807, 2.05) is 0 Å². The molecule has 0 atom stereocenters. The van der Waals surface area contributed by atoms with Gasteiger partial charge in [0.15, 0.2) is 24.8 Å². The number of anilines is 2. The largest absolute Gasteiger partial charge is 1.00 e. The van der Waals surface area contributed by atoms with Crippen molar-refractivity contribution in [3.63, 3.8) is 0 Å². The Balaban J connectivity index is 0.00000176. The van der Waals surface area contributed by atoms with Crippen molar-refractivity contribution in [1.29, 1.82) is 0 Å². The summed E-state index contributed by atoms with van der Waals surface area (Å²) in [5.41, 5.74) is 9.74. The average molecular weight is 654 g/mol. The van der Waals surface area contributed by atoms with Crippen LogP contribution in [0.15, 0.2) is 73.3 Å². The summed E-state index contributed by atoms with van der Waals surface area (Å²) in [4.78, 5) is 4.91. The highest BCUT2D eigenvalue weighted by atomic mass is 79.9. The van der Waals surface area contributed by atoms with Crippen LogP contribution in [0.3, 0.4) is 0 Å². The highest BCUT2D eigenvalue weighted by molar-refractivity contribution is 5.81. The van der Waals surface area contributed by atoms with Crippen molar-refractivity contribution in [1.82, 2.24) is 0 Å². The second-order valence-corrected chi connectivity index (χ2v) is 9.73. The van der Waals surface area contributed by atoms with Gasteiger partial charge in [-0.2, -0.15) is 0 Å². The molecule has 2 aromatic heterocycles. The zero-order valence-corrected chi connectivity index (χ0v) is 26.0. The van der Waals surface area contributed by atoms with E-state index in [4.69, 9.17) is 9.47 Å². The lowest BCUT2D eigenvalue weighted by molar-refractivity contribution is -0.693. The van der Waals surface area contributed by atoms with Gasteiger partial charge in [-0.05, 0) is 48.2 Å². The molecule has 4 heterocycles. The van der Waals surface area contributed by atoms with Crippen molar-refractivity contribution in [2.24, 2.45) is 0 Å². The maximum absolute atomic E-state index is 5.89. The molecule has 4 aromatic rings. The van der Waals surface area contributed by atoms with E-state index in [1.54, 1.807) is 14.2 Å². The van der Waals surface area contributed by atoms with Crippen molar-refractivity contribution in [2.45, 2.75) is 40.0 Å². The number of benzene rings is 2. The van der Waals surface area contributed by atoms with Crippen molar-refractivity contribution in [2.75, 3.05) is 30.7 Å². The van der Waals surface area contributed by atoms with E-state index >= 15 is 0 Å². The number of methoxy groups -OCH3 is 2. The molecule has 0 fully saturated rings. The van der Waals surface area contributed by atoms with Gasteiger partial charge in [0.05, 0.1) is 20.9 Å². The monoisotopic (exact) mass is 652 g/mol. The van der Waals surface area contributed by atoms with Gasteiger partial charge in [-0.1, -0.05) is 0 Å². The molecule has 0 aliphatic carbocycles. The number of aryl methyl sites for hydroxylation is 2. The van der Waals surface area contributed by atoms with Gasteiger partial charge in [-0.15, -0.1) is 0 Å². The Morgan fingerprint density at radius 2 is 1.03 bits per heavy atom. The van der Waals surface area contributed by atoms with Crippen LogP contribution in [0.4, 0.5) is 11.4 Å². The maximum Gasteiger partial charge on any atom is 0.169 e. The van der Waals surface area contributed by atoms with Crippen molar-refractivity contribution in [3.8, 4) is 33.8 Å². The number of pyridine rings is 2. The molecule has 6 rings (SSSR count). The highest BCUT2D eigenvalue weighted by Gasteiger charge is 2.32. The van der Waals surface area contributed by atoms with Crippen LogP contribution in [0.2, 0.25) is 0 Å². The maximum atomic E-state index is 5.89. The first kappa shape index (κ1) is 28.9. The third kappa shape index (κ3) is 5.24. The number of ether oxygens (including phenoxy) is 2. The molecule has 204 valence electrons. The predicted molar refractivity (Wildman–Crippen MR) is 146 cm³/mol. The first-order chi connectivity index (χ1) is 18.1. The number of hydrogen-bond acceptors (Lipinski definition) is 4. The Labute approximate surface area is 252 Å². The summed E-state index contributed by atoms with van der Waals surface area (Å²) < 4.78 is 16.1. The normalized spacial score (nSPS) is 13.0. The standard InChI is InChI=1S/C31H34N4O2.2BrH/c1-5-32-11-7-22(8-12-32)26-15-24-19-34-21-35(28(24)17-30(26)36-3)20-25-16-27(31(37-4)18-29(25)34)23-9-13-33(6-2)14-10-23;;/h7-18H,5-6,19-21H2,1-4H3;2*1H/q+2;;/p-2. The van der Waals surface area contributed by atoms with E-state index in [2.05, 4.69) is 106 Å². The van der Waals surface area contributed by atoms with Crippen LogP contribution >= 0.6 is 0 Å². The fourth-order valence-corrected chi connectivity index (χ4v) is 5.59. The van der Waals surface area contributed by atoms with Gasteiger partial charge in [0.25, 0.3) is 0 Å². The summed E-state index contributed by atoms with van der Waals surface area (Å²) in [7, 11) is 3.53. The zero-order chi connectivity index (χ0) is 25.5. The third-order valence-electron chi connectivity index (χ3n) is 7.68. The third-order valence-corrected chi connectivity index (χ3v) is 7.68. The van der Waals surface area contributed by atoms with Crippen LogP contribution in [0.5, 0.6) is 11.5 Å². The Kier molecular flexibility index (Phi) is 8.86. The first-order valence-corrected chi connectivity index (χ1v) is 13.0. The molecule has 0 radical (unpaired) electrons. The van der Waals surface area contributed by atoms with Crippen molar-refractivity contribution >= 4 is 11.4 Å². The molecule has 0 spiro atoms. The van der Waals surface area contributed by atoms with Gasteiger partial charge in [0.2, 0.25) is 0 Å². The lowest BCUT2D eigenvalue weighted by atomic mass is 9.94. The van der Waals surface area contributed by atoms with Crippen molar-refractivity contribution < 1.29 is 52.6 Å². The zero-order valence-electron chi connectivity index (χ0n) is 22.8. The molecule has 0 unspecified atom stereocenters. The predicted octanol–water partition coefficient (Wildman–Crippen LogP) is -1.04. The second-order valence-electron chi connectivity index (χ2n) is 9.73. The summed E-state index contributed by atoms with van der Waals surface area (Å²) in [5.74, 6) is 1.83. The lowest BCUT2D eigenvalue weighted by Gasteiger charge is -2.45. The molecule has 2 aliphatic rings. The molecule has 8 heteroatoms. The number of nitrogens with zero attached hydrogens (tertiary/aromatic N) is 4. The number of halogens is 2. The Morgan fingerprint density at radius 1 is 0.641 bits per heavy atom. The fraction of sp³-hybridized carbons (Fsp3) is 0.290. The smallest absolute Gasteiger partial charge is 0.169 e. The highest BCUT2D eigenvalue weighted by Crippen LogP contribution is 2.45. The van der Waals surface area contributed by atoms with Gasteiger partial charge in [0, 0.05) is 72.0 Å². The summed E-state index contributed by atoms with van der Waals surface area (Å²) in [5, 5.41) is 0. The lowest BCUT2D eigenvalue weighted by Crippen LogP contribution is -3.00. The van der Waals surface area contributed by atoms with Crippen LogP contribution in [0.25, 0.3) is 22.3 Å². The van der Waals surface area contributed by atoms with Gasteiger partial charge < -0.3 is 53.2 Å². The fourth-order valence-electron chi connectivity index (χ4n) is 5.59. The number of fused-ring (bicyclic) bond motifs is 6. The minimum absolute atomic E-state index is 0. The Hall–Kier alpha value is -3.10. The molecule has 39 heavy (non-hydrogen) atoms. The van der Waals surface area contributed by atoms with Gasteiger partial charge in [-0.3, -0.25) is 0 Å². The molecule has 0 saturated heterocycles. The molecular weight excluding hydrogens is 620 g/mol. The Bertz CT molecular complexity index is 1350. The van der Waals surface area contributed by atoms with E-state index in [0.29, 0.717) is 0 Å². The SMILES string of the molecule is CC[n+]1ccc(-c2cc3c(cc2OC)N2Cc4cc(-c5cc[n+](CC)cc5)c(OC)cc4N(C3)C2)cc1.[Br-].[Br-].